The molecule has 3 nitrogen and oxygen atoms in total. The second-order valence-corrected chi connectivity index (χ2v) is 14.5. The van der Waals surface area contributed by atoms with Gasteiger partial charge in [0.05, 0.1) is 27.8 Å². The second kappa shape index (κ2) is 13.6. The Morgan fingerprint density at radius 1 is 0.298 bits per heavy atom. The lowest BCUT2D eigenvalue weighted by Gasteiger charge is -2.28. The minimum atomic E-state index is 1.08. The van der Waals surface area contributed by atoms with Crippen molar-refractivity contribution in [2.75, 3.05) is 4.90 Å². The molecule has 2 aromatic heterocycles. The Kier molecular flexibility index (Phi) is 7.82. The molecule has 0 N–H and O–H groups in total. The molecule has 0 atom stereocenters. The number of nitrogens with zero attached hydrogens (tertiary/aromatic N) is 3. The van der Waals surface area contributed by atoms with Crippen LogP contribution in [0.25, 0.3) is 77.2 Å². The molecule has 0 saturated carbocycles. The van der Waals surface area contributed by atoms with Gasteiger partial charge in [0.2, 0.25) is 0 Å². The topological polar surface area (TPSA) is 13.1 Å². The standard InChI is InChI=1S/C54H37N3/c1-4-16-38(17-5-1)39-28-30-42(31-29-39)55(49-25-13-10-22-45(49)40-18-6-2-7-19-40)43-32-34-44(35-33-43)57-50-26-14-11-23-46(50)47-36-37-52-53(54(47)57)48-24-12-15-27-51(48)56(52)41-20-8-3-9-21-41/h1-37H. The summed E-state index contributed by atoms with van der Waals surface area (Å²) in [6.07, 6.45) is 0. The molecule has 11 aromatic rings. The smallest absolute Gasteiger partial charge is 0.0641 e. The van der Waals surface area contributed by atoms with Crippen molar-refractivity contribution in [3.05, 3.63) is 224 Å². The lowest BCUT2D eigenvalue weighted by atomic mass is 10.0. The van der Waals surface area contributed by atoms with Crippen molar-refractivity contribution in [2.45, 2.75) is 0 Å². The van der Waals surface area contributed by atoms with Crippen LogP contribution in [0.5, 0.6) is 0 Å². The number of benzene rings is 9. The molecule has 2 heterocycles. The summed E-state index contributed by atoms with van der Waals surface area (Å²) in [6.45, 7) is 0. The summed E-state index contributed by atoms with van der Waals surface area (Å²) >= 11 is 0. The molecule has 0 radical (unpaired) electrons. The molecule has 0 unspecified atom stereocenters. The third-order valence-electron chi connectivity index (χ3n) is 11.3. The Bertz CT molecular complexity index is 3200. The van der Waals surface area contributed by atoms with Gasteiger partial charge in [0.1, 0.15) is 0 Å². The number of hydrogen-bond acceptors (Lipinski definition) is 1. The number of para-hydroxylation sites is 4. The van der Waals surface area contributed by atoms with Crippen LogP contribution in [0.15, 0.2) is 224 Å². The van der Waals surface area contributed by atoms with E-state index >= 15 is 0 Å². The van der Waals surface area contributed by atoms with E-state index in [4.69, 9.17) is 0 Å². The van der Waals surface area contributed by atoms with E-state index in [1.165, 1.54) is 65.9 Å². The molecule has 268 valence electrons. The number of fused-ring (bicyclic) bond motifs is 7. The monoisotopic (exact) mass is 727 g/mol. The van der Waals surface area contributed by atoms with Gasteiger partial charge in [-0.1, -0.05) is 152 Å². The maximum absolute atomic E-state index is 2.47. The lowest BCUT2D eigenvalue weighted by molar-refractivity contribution is 1.17. The molecular formula is C54H37N3. The number of anilines is 3. The molecule has 9 aromatic carbocycles. The van der Waals surface area contributed by atoms with Gasteiger partial charge < -0.3 is 14.0 Å². The van der Waals surface area contributed by atoms with E-state index in [2.05, 4.69) is 238 Å². The van der Waals surface area contributed by atoms with Gasteiger partial charge >= 0.3 is 0 Å². The van der Waals surface area contributed by atoms with Gasteiger partial charge in [-0.2, -0.15) is 0 Å². The van der Waals surface area contributed by atoms with Gasteiger partial charge in [0.25, 0.3) is 0 Å². The van der Waals surface area contributed by atoms with Crippen LogP contribution in [0.2, 0.25) is 0 Å². The summed E-state index contributed by atoms with van der Waals surface area (Å²) < 4.78 is 4.87. The highest BCUT2D eigenvalue weighted by atomic mass is 15.1. The first-order valence-electron chi connectivity index (χ1n) is 19.5. The fraction of sp³-hybridized carbons (Fsp3) is 0. The molecule has 57 heavy (non-hydrogen) atoms. The third-order valence-corrected chi connectivity index (χ3v) is 11.3. The Labute approximate surface area is 331 Å². The maximum atomic E-state index is 2.47. The average Bonchev–Trinajstić information content (AvgIpc) is 3.81. The summed E-state index contributed by atoms with van der Waals surface area (Å²) in [5.41, 5.74) is 15.1. The zero-order chi connectivity index (χ0) is 37.7. The van der Waals surface area contributed by atoms with Gasteiger partial charge in [0.15, 0.2) is 0 Å². The summed E-state index contributed by atoms with van der Waals surface area (Å²) in [7, 11) is 0. The van der Waals surface area contributed by atoms with Crippen molar-refractivity contribution in [2.24, 2.45) is 0 Å². The van der Waals surface area contributed by atoms with Crippen LogP contribution in [0.1, 0.15) is 0 Å². The first kappa shape index (κ1) is 32.8. The van der Waals surface area contributed by atoms with Gasteiger partial charge in [-0.05, 0) is 89.5 Å². The normalized spacial score (nSPS) is 11.5. The first-order chi connectivity index (χ1) is 28.3. The van der Waals surface area contributed by atoms with Crippen LogP contribution in [0.3, 0.4) is 0 Å². The fourth-order valence-electron chi connectivity index (χ4n) is 8.77. The Hall–Kier alpha value is -7.62. The second-order valence-electron chi connectivity index (χ2n) is 14.5. The van der Waals surface area contributed by atoms with Crippen LogP contribution in [-0.4, -0.2) is 9.13 Å². The van der Waals surface area contributed by atoms with Crippen LogP contribution < -0.4 is 4.90 Å². The van der Waals surface area contributed by atoms with Gasteiger partial charge in [0, 0.05) is 49.9 Å². The predicted molar refractivity (Wildman–Crippen MR) is 241 cm³/mol. The van der Waals surface area contributed by atoms with Crippen molar-refractivity contribution in [1.29, 1.82) is 0 Å². The quantitative estimate of drug-likeness (QED) is 0.159. The molecule has 0 fully saturated rings. The zero-order valence-electron chi connectivity index (χ0n) is 31.2. The van der Waals surface area contributed by atoms with Crippen LogP contribution in [0, 0.1) is 0 Å². The molecule has 0 aliphatic rings. The highest BCUT2D eigenvalue weighted by molar-refractivity contribution is 6.26. The molecule has 0 spiro atoms. The van der Waals surface area contributed by atoms with Crippen molar-refractivity contribution < 1.29 is 0 Å². The molecule has 0 saturated heterocycles. The largest absolute Gasteiger partial charge is 0.310 e. The summed E-state index contributed by atoms with van der Waals surface area (Å²) in [5.74, 6) is 0. The van der Waals surface area contributed by atoms with E-state index in [0.29, 0.717) is 0 Å². The van der Waals surface area contributed by atoms with Crippen molar-refractivity contribution in [3.63, 3.8) is 0 Å². The first-order valence-corrected chi connectivity index (χ1v) is 19.5. The third kappa shape index (κ3) is 5.43. The molecule has 0 aliphatic heterocycles. The van der Waals surface area contributed by atoms with Crippen molar-refractivity contribution >= 4 is 60.7 Å². The maximum Gasteiger partial charge on any atom is 0.0641 e. The van der Waals surface area contributed by atoms with Crippen LogP contribution in [0.4, 0.5) is 17.1 Å². The van der Waals surface area contributed by atoms with Crippen LogP contribution >= 0.6 is 0 Å². The summed E-state index contributed by atoms with van der Waals surface area (Å²) in [4.78, 5) is 2.39. The Morgan fingerprint density at radius 2 is 0.807 bits per heavy atom. The molecule has 3 heteroatoms. The van der Waals surface area contributed by atoms with Crippen LogP contribution in [-0.2, 0) is 0 Å². The predicted octanol–water partition coefficient (Wildman–Crippen LogP) is 14.7. The van der Waals surface area contributed by atoms with E-state index in [1.807, 2.05) is 0 Å². The van der Waals surface area contributed by atoms with Crippen molar-refractivity contribution in [3.8, 4) is 33.6 Å². The minimum Gasteiger partial charge on any atom is -0.310 e. The molecule has 11 rings (SSSR count). The lowest BCUT2D eigenvalue weighted by Crippen LogP contribution is -2.11. The minimum absolute atomic E-state index is 1.08. The van der Waals surface area contributed by atoms with Gasteiger partial charge in [-0.25, -0.2) is 0 Å². The van der Waals surface area contributed by atoms with Gasteiger partial charge in [-0.15, -0.1) is 0 Å². The molecule has 0 bridgehead atoms. The SMILES string of the molecule is c1ccc(-c2ccc(N(c3ccc(-n4c5ccccc5c5ccc6c(c7ccccc7n6-c6ccccc6)c54)cc3)c3ccccc3-c3ccccc3)cc2)cc1. The Balaban J connectivity index is 1.12. The van der Waals surface area contributed by atoms with E-state index in [1.54, 1.807) is 0 Å². The average molecular weight is 728 g/mol. The molecular weight excluding hydrogens is 691 g/mol. The van der Waals surface area contributed by atoms with Crippen molar-refractivity contribution in [1.82, 2.24) is 9.13 Å². The summed E-state index contributed by atoms with van der Waals surface area (Å²) in [6, 6.07) is 81.0. The van der Waals surface area contributed by atoms with E-state index < -0.39 is 0 Å². The number of rotatable bonds is 7. The highest BCUT2D eigenvalue weighted by Crippen LogP contribution is 2.44. The fourth-order valence-corrected chi connectivity index (χ4v) is 8.77. The highest BCUT2D eigenvalue weighted by Gasteiger charge is 2.22. The summed E-state index contributed by atoms with van der Waals surface area (Å²) in [5, 5.41) is 4.98. The molecule has 0 aliphatic carbocycles. The Morgan fingerprint density at radius 3 is 1.51 bits per heavy atom. The number of hydrogen-bond donors (Lipinski definition) is 0. The zero-order valence-corrected chi connectivity index (χ0v) is 31.2. The van der Waals surface area contributed by atoms with E-state index in [9.17, 15) is 0 Å². The molecule has 0 amide bonds. The number of aromatic nitrogens is 2. The van der Waals surface area contributed by atoms with E-state index in [0.717, 1.165) is 28.4 Å². The van der Waals surface area contributed by atoms with E-state index in [-0.39, 0.29) is 0 Å². The van der Waals surface area contributed by atoms with Gasteiger partial charge in [-0.3, -0.25) is 0 Å².